The number of benzene rings is 2. The van der Waals surface area contributed by atoms with Crippen LogP contribution in [0.4, 0.5) is 5.69 Å². The largest absolute Gasteiger partial charge is 0.497 e. The van der Waals surface area contributed by atoms with Crippen molar-refractivity contribution < 1.29 is 14.3 Å². The lowest BCUT2D eigenvalue weighted by atomic mass is 10.0. The third-order valence-electron chi connectivity index (χ3n) is 5.66. The zero-order chi connectivity index (χ0) is 22.5. The molecular formula is C25H28N4O3. The molecule has 2 heterocycles. The highest BCUT2D eigenvalue weighted by atomic mass is 16.5. The summed E-state index contributed by atoms with van der Waals surface area (Å²) in [5.41, 5.74) is 3.54. The van der Waals surface area contributed by atoms with Crippen LogP contribution < -0.4 is 15.4 Å². The van der Waals surface area contributed by atoms with Crippen LogP contribution in [0.1, 0.15) is 43.6 Å². The van der Waals surface area contributed by atoms with Crippen molar-refractivity contribution >= 4 is 17.5 Å². The molecule has 1 aliphatic heterocycles. The zero-order valence-electron chi connectivity index (χ0n) is 18.4. The Balaban J connectivity index is 1.41. The maximum absolute atomic E-state index is 12.7. The number of ether oxygens (including phenoxy) is 1. The van der Waals surface area contributed by atoms with Crippen LogP contribution in [0.25, 0.3) is 11.3 Å². The number of aryl methyl sites for hydroxylation is 2. The monoisotopic (exact) mass is 432 g/mol. The first kappa shape index (κ1) is 21.6. The summed E-state index contributed by atoms with van der Waals surface area (Å²) in [6, 6.07) is 14.6. The highest BCUT2D eigenvalue weighted by molar-refractivity contribution is 5.91. The van der Waals surface area contributed by atoms with Crippen LogP contribution in [0, 0.1) is 0 Å². The van der Waals surface area contributed by atoms with Gasteiger partial charge in [-0.15, -0.1) is 0 Å². The lowest BCUT2D eigenvalue weighted by Crippen LogP contribution is -2.29. The number of nitrogens with one attached hydrogen (secondary N) is 2. The second-order valence-electron chi connectivity index (χ2n) is 8.05. The van der Waals surface area contributed by atoms with Gasteiger partial charge in [-0.25, -0.2) is 4.98 Å². The minimum Gasteiger partial charge on any atom is -0.497 e. The second kappa shape index (κ2) is 9.68. The van der Waals surface area contributed by atoms with Crippen LogP contribution in [0.2, 0.25) is 0 Å². The van der Waals surface area contributed by atoms with E-state index in [1.807, 2.05) is 48.5 Å². The van der Waals surface area contributed by atoms with Crippen molar-refractivity contribution in [3.05, 3.63) is 66.1 Å². The molecule has 166 valence electrons. The smallest absolute Gasteiger partial charge is 0.226 e. The maximum Gasteiger partial charge on any atom is 0.226 e. The highest BCUT2D eigenvalue weighted by Gasteiger charge is 2.18. The number of rotatable bonds is 7. The molecule has 7 nitrogen and oxygen atoms in total. The second-order valence-corrected chi connectivity index (χ2v) is 8.05. The first-order valence-corrected chi connectivity index (χ1v) is 10.9. The Bertz CT molecular complexity index is 1060. The van der Waals surface area contributed by atoms with Crippen LogP contribution in [-0.2, 0) is 22.6 Å². The average molecular weight is 433 g/mol. The van der Waals surface area contributed by atoms with Gasteiger partial charge in [-0.3, -0.25) is 9.59 Å². The molecule has 3 aromatic rings. The first-order chi connectivity index (χ1) is 15.5. The van der Waals surface area contributed by atoms with E-state index in [-0.39, 0.29) is 18.2 Å². The Kier molecular flexibility index (Phi) is 6.54. The van der Waals surface area contributed by atoms with Crippen LogP contribution in [0.15, 0.2) is 54.7 Å². The number of hydrogen-bond donors (Lipinski definition) is 2. The molecule has 2 aromatic carbocycles. The molecule has 0 radical (unpaired) electrons. The summed E-state index contributed by atoms with van der Waals surface area (Å²) in [6.07, 6.45) is 5.65. The Labute approximate surface area is 187 Å². The number of carbonyl (C=O) groups is 2. The molecule has 0 spiro atoms. The van der Waals surface area contributed by atoms with Crippen molar-refractivity contribution in [1.29, 1.82) is 0 Å². The van der Waals surface area contributed by atoms with Crippen molar-refractivity contribution in [3.63, 3.8) is 0 Å². The van der Waals surface area contributed by atoms with Gasteiger partial charge in [-0.1, -0.05) is 24.3 Å². The topological polar surface area (TPSA) is 85.2 Å². The van der Waals surface area contributed by atoms with E-state index in [1.54, 1.807) is 7.11 Å². The quantitative estimate of drug-likeness (QED) is 0.589. The van der Waals surface area contributed by atoms with Crippen LogP contribution in [0.5, 0.6) is 5.75 Å². The van der Waals surface area contributed by atoms with Crippen LogP contribution >= 0.6 is 0 Å². The van der Waals surface area contributed by atoms with Gasteiger partial charge >= 0.3 is 0 Å². The van der Waals surface area contributed by atoms with E-state index < -0.39 is 6.04 Å². The summed E-state index contributed by atoms with van der Waals surface area (Å²) in [4.78, 5) is 29.1. The normalized spacial score (nSPS) is 13.7. The molecular weight excluding hydrogens is 404 g/mol. The average Bonchev–Trinajstić information content (AvgIpc) is 3.23. The van der Waals surface area contributed by atoms with Gasteiger partial charge in [0.2, 0.25) is 11.8 Å². The van der Waals surface area contributed by atoms with E-state index in [0.29, 0.717) is 5.69 Å². The summed E-state index contributed by atoms with van der Waals surface area (Å²) in [5.74, 6) is 1.50. The number of fused-ring (bicyclic) bond motifs is 1. The Morgan fingerprint density at radius 3 is 2.50 bits per heavy atom. The molecule has 0 bridgehead atoms. The van der Waals surface area contributed by atoms with E-state index in [9.17, 15) is 9.59 Å². The summed E-state index contributed by atoms with van der Waals surface area (Å²) >= 11 is 0. The number of nitrogens with zero attached hydrogens (tertiary/aromatic N) is 2. The summed E-state index contributed by atoms with van der Waals surface area (Å²) < 4.78 is 7.41. The molecule has 1 aliphatic rings. The maximum atomic E-state index is 12.7. The van der Waals surface area contributed by atoms with E-state index in [4.69, 9.17) is 9.72 Å². The summed E-state index contributed by atoms with van der Waals surface area (Å²) in [6.45, 7) is 2.47. The predicted molar refractivity (Wildman–Crippen MR) is 123 cm³/mol. The Morgan fingerprint density at radius 1 is 1.09 bits per heavy atom. The van der Waals surface area contributed by atoms with Gasteiger partial charge in [-0.2, -0.15) is 0 Å². The van der Waals surface area contributed by atoms with Gasteiger partial charge in [0.25, 0.3) is 0 Å². The molecule has 2 N–H and O–H groups in total. The molecule has 0 fully saturated rings. The molecule has 0 aliphatic carbocycles. The lowest BCUT2D eigenvalue weighted by molar-refractivity contribution is -0.120. The number of amides is 2. The predicted octanol–water partition coefficient (Wildman–Crippen LogP) is 4.10. The van der Waals surface area contributed by atoms with Gasteiger partial charge < -0.3 is 19.9 Å². The van der Waals surface area contributed by atoms with E-state index in [0.717, 1.165) is 41.4 Å². The minimum atomic E-state index is -0.422. The molecule has 7 heteroatoms. The van der Waals surface area contributed by atoms with Crippen molar-refractivity contribution in [2.24, 2.45) is 0 Å². The fraction of sp³-hybridized carbons (Fsp3) is 0.320. The SMILES string of the molecule is COc1ccc(C(CC(=O)Nc2ccc(-c3cn4c(n3)CCCC4)cc2)NC(C)=O)cc1. The molecule has 1 unspecified atom stereocenters. The highest BCUT2D eigenvalue weighted by Crippen LogP contribution is 2.25. The third-order valence-corrected chi connectivity index (χ3v) is 5.66. The van der Waals surface area contributed by atoms with E-state index in [2.05, 4.69) is 21.4 Å². The van der Waals surface area contributed by atoms with Crippen molar-refractivity contribution in [1.82, 2.24) is 14.9 Å². The van der Waals surface area contributed by atoms with Gasteiger partial charge in [0.1, 0.15) is 11.6 Å². The number of aromatic nitrogens is 2. The lowest BCUT2D eigenvalue weighted by Gasteiger charge is -2.18. The number of anilines is 1. The Morgan fingerprint density at radius 2 is 1.84 bits per heavy atom. The molecule has 32 heavy (non-hydrogen) atoms. The fourth-order valence-electron chi connectivity index (χ4n) is 4.01. The minimum absolute atomic E-state index is 0.126. The number of methoxy groups -OCH3 is 1. The Hall–Kier alpha value is -3.61. The number of hydrogen-bond acceptors (Lipinski definition) is 4. The molecule has 0 saturated heterocycles. The first-order valence-electron chi connectivity index (χ1n) is 10.9. The van der Waals surface area contributed by atoms with Crippen LogP contribution in [0.3, 0.4) is 0 Å². The molecule has 4 rings (SSSR count). The van der Waals surface area contributed by atoms with Gasteiger partial charge in [0, 0.05) is 37.3 Å². The van der Waals surface area contributed by atoms with Crippen molar-refractivity contribution in [3.8, 4) is 17.0 Å². The van der Waals surface area contributed by atoms with Crippen LogP contribution in [-0.4, -0.2) is 28.5 Å². The number of imidazole rings is 1. The summed E-state index contributed by atoms with van der Waals surface area (Å²) in [5, 5.41) is 5.78. The molecule has 0 saturated carbocycles. The number of carbonyl (C=O) groups excluding carboxylic acids is 2. The van der Waals surface area contributed by atoms with Gasteiger partial charge in [-0.05, 0) is 42.7 Å². The van der Waals surface area contributed by atoms with Gasteiger partial charge in [0.15, 0.2) is 0 Å². The van der Waals surface area contributed by atoms with Crippen molar-refractivity contribution in [2.75, 3.05) is 12.4 Å². The molecule has 2 amide bonds. The van der Waals surface area contributed by atoms with Gasteiger partial charge in [0.05, 0.1) is 25.3 Å². The fourth-order valence-corrected chi connectivity index (χ4v) is 4.01. The third kappa shape index (κ3) is 5.17. The van der Waals surface area contributed by atoms with Crippen molar-refractivity contribution in [2.45, 2.75) is 45.2 Å². The standard InChI is InChI=1S/C25H28N4O3/c1-17(30)26-22(18-8-12-21(32-2)13-9-18)15-25(31)27-20-10-6-19(7-11-20)23-16-29-14-4-3-5-24(29)28-23/h6-13,16,22H,3-5,14-15H2,1-2H3,(H,26,30)(H,27,31). The molecule has 1 atom stereocenters. The summed E-state index contributed by atoms with van der Waals surface area (Å²) in [7, 11) is 1.60. The molecule has 1 aromatic heterocycles. The van der Waals surface area contributed by atoms with E-state index in [1.165, 1.54) is 19.8 Å². The van der Waals surface area contributed by atoms with E-state index >= 15 is 0 Å². The zero-order valence-corrected chi connectivity index (χ0v) is 18.4.